The largest absolute Gasteiger partial charge is 0.573 e. The molecule has 0 bridgehead atoms. The first-order valence-electron chi connectivity index (χ1n) is 11.0. The van der Waals surface area contributed by atoms with Gasteiger partial charge in [0.05, 0.1) is 21.7 Å². The second-order valence-electron chi connectivity index (χ2n) is 8.15. The third kappa shape index (κ3) is 5.82. The standard InChI is InChI=1S/C26H19F3N2O6S/c1-15(32)23-21-5-3-2-4-17(21)13-30-24(23)22-12-19(37-26(27,28)29)9-6-18(22)14-31-38(35,36)20-10-7-16(8-11-20)25(33)34/h2-13,31H,14H2,1H3,(H,33,34). The number of Topliss-reactive ketones (excluding diaryl/α,β-unsaturated/α-hetero) is 1. The summed E-state index contributed by atoms with van der Waals surface area (Å²) in [6.07, 6.45) is -3.52. The lowest BCUT2D eigenvalue weighted by atomic mass is 9.94. The fraction of sp³-hybridized carbons (Fsp3) is 0.115. The Morgan fingerprint density at radius 3 is 2.34 bits per heavy atom. The van der Waals surface area contributed by atoms with Crippen LogP contribution in [0.1, 0.15) is 33.2 Å². The monoisotopic (exact) mass is 544 g/mol. The normalized spacial score (nSPS) is 11.9. The number of carboxylic acids is 1. The van der Waals surface area contributed by atoms with Crippen molar-refractivity contribution in [1.29, 1.82) is 0 Å². The predicted octanol–water partition coefficient (Wildman–Crippen LogP) is 5.18. The van der Waals surface area contributed by atoms with E-state index in [0.29, 0.717) is 10.8 Å². The zero-order valence-corrected chi connectivity index (χ0v) is 20.4. The number of ketones is 1. The summed E-state index contributed by atoms with van der Waals surface area (Å²) < 4.78 is 70.9. The van der Waals surface area contributed by atoms with Gasteiger partial charge < -0.3 is 9.84 Å². The van der Waals surface area contributed by atoms with E-state index in [9.17, 15) is 31.2 Å². The van der Waals surface area contributed by atoms with E-state index in [2.05, 4.69) is 14.4 Å². The van der Waals surface area contributed by atoms with E-state index in [1.54, 1.807) is 24.3 Å². The zero-order chi connectivity index (χ0) is 27.7. The molecule has 0 aliphatic rings. The third-order valence-electron chi connectivity index (χ3n) is 5.59. The molecule has 8 nitrogen and oxygen atoms in total. The molecule has 0 aliphatic heterocycles. The number of halogens is 3. The number of aromatic nitrogens is 1. The quantitative estimate of drug-likeness (QED) is 0.293. The van der Waals surface area contributed by atoms with Gasteiger partial charge in [0.2, 0.25) is 10.0 Å². The van der Waals surface area contributed by atoms with Crippen LogP contribution in [0.25, 0.3) is 22.0 Å². The van der Waals surface area contributed by atoms with Gasteiger partial charge in [0.15, 0.2) is 5.78 Å². The van der Waals surface area contributed by atoms with Crippen molar-refractivity contribution in [2.75, 3.05) is 0 Å². The second kappa shape index (κ2) is 10.2. The molecule has 0 saturated carbocycles. The van der Waals surface area contributed by atoms with Gasteiger partial charge in [-0.3, -0.25) is 9.78 Å². The molecule has 0 amide bonds. The molecule has 0 saturated heterocycles. The fourth-order valence-electron chi connectivity index (χ4n) is 3.88. The lowest BCUT2D eigenvalue weighted by Gasteiger charge is -2.17. The Kier molecular flexibility index (Phi) is 7.20. The molecule has 2 N–H and O–H groups in total. The molecule has 0 radical (unpaired) electrons. The Hall–Kier alpha value is -4.29. The highest BCUT2D eigenvalue weighted by atomic mass is 32.2. The molecule has 0 spiro atoms. The summed E-state index contributed by atoms with van der Waals surface area (Å²) >= 11 is 0. The first kappa shape index (κ1) is 26.8. The van der Waals surface area contributed by atoms with Gasteiger partial charge in [-0.15, -0.1) is 13.2 Å². The van der Waals surface area contributed by atoms with Crippen LogP contribution in [0.4, 0.5) is 13.2 Å². The molecule has 1 heterocycles. The number of aromatic carboxylic acids is 1. The molecule has 4 rings (SSSR count). The minimum atomic E-state index is -4.98. The van der Waals surface area contributed by atoms with Gasteiger partial charge in [-0.2, -0.15) is 0 Å². The van der Waals surface area contributed by atoms with E-state index in [1.807, 2.05) is 0 Å². The van der Waals surface area contributed by atoms with Crippen LogP contribution in [0, 0.1) is 0 Å². The van der Waals surface area contributed by atoms with Crippen LogP contribution in [-0.2, 0) is 16.6 Å². The summed E-state index contributed by atoms with van der Waals surface area (Å²) in [7, 11) is -4.14. The molecule has 3 aromatic carbocycles. The number of benzene rings is 3. The highest BCUT2D eigenvalue weighted by Crippen LogP contribution is 2.35. The summed E-state index contributed by atoms with van der Waals surface area (Å²) in [6, 6.07) is 14.7. The number of hydrogen-bond donors (Lipinski definition) is 2. The molecule has 0 atom stereocenters. The number of hydrogen-bond acceptors (Lipinski definition) is 6. The summed E-state index contributed by atoms with van der Waals surface area (Å²) in [5.74, 6) is -2.19. The summed E-state index contributed by atoms with van der Waals surface area (Å²) in [5, 5.41) is 10.2. The number of nitrogens with zero attached hydrogens (tertiary/aromatic N) is 1. The molecule has 38 heavy (non-hydrogen) atoms. The van der Waals surface area contributed by atoms with Gasteiger partial charge >= 0.3 is 12.3 Å². The smallest absolute Gasteiger partial charge is 0.478 e. The fourth-order valence-corrected chi connectivity index (χ4v) is 4.89. The minimum Gasteiger partial charge on any atom is -0.478 e. The molecule has 12 heteroatoms. The van der Waals surface area contributed by atoms with Crippen LogP contribution >= 0.6 is 0 Å². The molecule has 1 aromatic heterocycles. The topological polar surface area (TPSA) is 123 Å². The third-order valence-corrected chi connectivity index (χ3v) is 7.00. The van der Waals surface area contributed by atoms with Crippen molar-refractivity contribution in [3.63, 3.8) is 0 Å². The highest BCUT2D eigenvalue weighted by molar-refractivity contribution is 7.89. The Morgan fingerprint density at radius 1 is 1.03 bits per heavy atom. The lowest BCUT2D eigenvalue weighted by Crippen LogP contribution is -2.24. The number of fused-ring (bicyclic) bond motifs is 1. The van der Waals surface area contributed by atoms with Crippen molar-refractivity contribution in [3.8, 4) is 17.0 Å². The Labute approximate surface area is 214 Å². The maximum absolute atomic E-state index is 12.9. The van der Waals surface area contributed by atoms with Gasteiger partial charge in [-0.1, -0.05) is 30.3 Å². The number of carbonyl (C=O) groups is 2. The zero-order valence-electron chi connectivity index (χ0n) is 19.6. The van der Waals surface area contributed by atoms with Crippen molar-refractivity contribution in [1.82, 2.24) is 9.71 Å². The summed E-state index contributed by atoms with van der Waals surface area (Å²) in [5.41, 5.74) is 0.386. The average molecular weight is 545 g/mol. The van der Waals surface area contributed by atoms with E-state index in [-0.39, 0.29) is 39.4 Å². The molecular weight excluding hydrogens is 525 g/mol. The van der Waals surface area contributed by atoms with Crippen LogP contribution < -0.4 is 9.46 Å². The molecule has 4 aromatic rings. The van der Waals surface area contributed by atoms with Crippen LogP contribution in [0.15, 0.2) is 77.8 Å². The molecule has 0 fully saturated rings. The average Bonchev–Trinajstić information content (AvgIpc) is 2.86. The Balaban J connectivity index is 1.79. The summed E-state index contributed by atoms with van der Waals surface area (Å²) in [4.78, 5) is 27.8. The van der Waals surface area contributed by atoms with Crippen molar-refractivity contribution in [2.24, 2.45) is 0 Å². The molecular formula is C26H19F3N2O6S. The first-order valence-corrected chi connectivity index (χ1v) is 12.4. The number of ether oxygens (including phenoxy) is 1. The maximum Gasteiger partial charge on any atom is 0.573 e. The molecule has 0 unspecified atom stereocenters. The van der Waals surface area contributed by atoms with E-state index < -0.39 is 33.9 Å². The molecule has 0 aliphatic carbocycles. The number of alkyl halides is 3. The number of carboxylic acid groups (broad SMARTS) is 1. The lowest BCUT2D eigenvalue weighted by molar-refractivity contribution is -0.274. The van der Waals surface area contributed by atoms with Gasteiger partial charge in [-0.25, -0.2) is 17.9 Å². The molecule has 196 valence electrons. The predicted molar refractivity (Wildman–Crippen MR) is 131 cm³/mol. The van der Waals surface area contributed by atoms with Crippen LogP contribution in [0.5, 0.6) is 5.75 Å². The minimum absolute atomic E-state index is 0.0591. The van der Waals surface area contributed by atoms with Crippen molar-refractivity contribution >= 4 is 32.5 Å². The van der Waals surface area contributed by atoms with Gasteiger partial charge in [0.1, 0.15) is 5.75 Å². The van der Waals surface area contributed by atoms with E-state index in [4.69, 9.17) is 5.11 Å². The summed E-state index contributed by atoms with van der Waals surface area (Å²) in [6.45, 7) is 0.919. The second-order valence-corrected chi connectivity index (χ2v) is 9.91. The first-order chi connectivity index (χ1) is 17.9. The van der Waals surface area contributed by atoms with E-state index >= 15 is 0 Å². The maximum atomic E-state index is 12.9. The highest BCUT2D eigenvalue weighted by Gasteiger charge is 2.31. The number of pyridine rings is 1. The number of sulfonamides is 1. The Morgan fingerprint density at radius 2 is 1.71 bits per heavy atom. The van der Waals surface area contributed by atoms with Gasteiger partial charge in [-0.05, 0) is 54.3 Å². The van der Waals surface area contributed by atoms with Gasteiger partial charge in [0.25, 0.3) is 0 Å². The number of rotatable bonds is 8. The van der Waals surface area contributed by atoms with Crippen LogP contribution in [0.3, 0.4) is 0 Å². The number of nitrogens with one attached hydrogen (secondary N) is 1. The van der Waals surface area contributed by atoms with Crippen LogP contribution in [-0.4, -0.2) is 36.6 Å². The SMILES string of the molecule is CC(=O)c1c(-c2cc(OC(F)(F)F)ccc2CNS(=O)(=O)c2ccc(C(=O)O)cc2)ncc2ccccc12. The van der Waals surface area contributed by atoms with Crippen molar-refractivity contribution in [3.05, 3.63) is 89.6 Å². The van der Waals surface area contributed by atoms with E-state index in [1.165, 1.54) is 19.2 Å². The van der Waals surface area contributed by atoms with Crippen molar-refractivity contribution < 1.29 is 41.0 Å². The van der Waals surface area contributed by atoms with E-state index in [0.717, 1.165) is 36.4 Å². The van der Waals surface area contributed by atoms with Gasteiger partial charge in [0, 0.05) is 23.7 Å². The Bertz CT molecular complexity index is 1650. The number of carbonyl (C=O) groups excluding carboxylic acids is 1. The van der Waals surface area contributed by atoms with Crippen molar-refractivity contribution in [2.45, 2.75) is 24.7 Å². The van der Waals surface area contributed by atoms with Crippen LogP contribution in [0.2, 0.25) is 0 Å².